The number of imidazole rings is 1. The number of fused-ring (bicyclic) bond motifs is 3. The molecule has 0 saturated heterocycles. The summed E-state index contributed by atoms with van der Waals surface area (Å²) in [7, 11) is 1.53. The Kier molecular flexibility index (Phi) is 13.8. The summed E-state index contributed by atoms with van der Waals surface area (Å²) >= 11 is 0. The van der Waals surface area contributed by atoms with E-state index in [1.165, 1.54) is 18.3 Å². The van der Waals surface area contributed by atoms with E-state index in [1.807, 2.05) is 44.2 Å². The lowest BCUT2D eigenvalue weighted by Crippen LogP contribution is -2.51. The molecule has 0 radical (unpaired) electrons. The van der Waals surface area contributed by atoms with Gasteiger partial charge in [0.05, 0.1) is 38.6 Å². The quantitative estimate of drug-likeness (QED) is 0.235. The van der Waals surface area contributed by atoms with Crippen molar-refractivity contribution in [2.45, 2.75) is 38.9 Å². The zero-order valence-corrected chi connectivity index (χ0v) is 28.6. The molecule has 4 aromatic rings. The van der Waals surface area contributed by atoms with E-state index in [0.29, 0.717) is 40.9 Å². The van der Waals surface area contributed by atoms with Gasteiger partial charge in [-0.1, -0.05) is 44.2 Å². The van der Waals surface area contributed by atoms with Gasteiger partial charge in [-0.2, -0.15) is 5.10 Å². The van der Waals surface area contributed by atoms with Crippen LogP contribution in [0.5, 0.6) is 11.5 Å². The molecule has 1 aliphatic rings. The van der Waals surface area contributed by atoms with Crippen molar-refractivity contribution in [3.63, 3.8) is 0 Å². The number of nitrogens with two attached hydrogens (primary N) is 1. The molecule has 0 saturated carbocycles. The highest BCUT2D eigenvalue weighted by Crippen LogP contribution is 2.29. The molecule has 1 aliphatic heterocycles. The van der Waals surface area contributed by atoms with Crippen LogP contribution < -0.4 is 25.8 Å². The third-order valence-corrected chi connectivity index (χ3v) is 7.61. The second kappa shape index (κ2) is 17.5. The normalized spacial score (nSPS) is 16.2. The Labute approximate surface area is 291 Å². The smallest absolute Gasteiger partial charge is 0.251 e. The highest BCUT2D eigenvalue weighted by atomic mass is 35.5. The van der Waals surface area contributed by atoms with Crippen LogP contribution in [0.25, 0.3) is 11.4 Å². The molecule has 0 fully saturated rings. The predicted molar refractivity (Wildman–Crippen MR) is 183 cm³/mol. The van der Waals surface area contributed by atoms with E-state index in [9.17, 15) is 14.4 Å². The summed E-state index contributed by atoms with van der Waals surface area (Å²) < 4.78 is 13.3. The number of carbonyl (C=O) groups excluding carboxylic acids is 3. The van der Waals surface area contributed by atoms with E-state index in [1.54, 1.807) is 29.1 Å². The van der Waals surface area contributed by atoms with Gasteiger partial charge in [0.2, 0.25) is 11.8 Å². The minimum atomic E-state index is -0.934. The van der Waals surface area contributed by atoms with Crippen molar-refractivity contribution in [1.82, 2.24) is 40.3 Å². The predicted octanol–water partition coefficient (Wildman–Crippen LogP) is 2.55. The van der Waals surface area contributed by atoms with Crippen LogP contribution in [0, 0.1) is 5.92 Å². The number of carbonyl (C=O) groups is 3. The summed E-state index contributed by atoms with van der Waals surface area (Å²) in [5, 5.41) is 10.7. The summed E-state index contributed by atoms with van der Waals surface area (Å²) in [6, 6.07) is 13.0. The second-order valence-electron chi connectivity index (χ2n) is 11.3. The molecule has 14 nitrogen and oxygen atoms in total. The number of benzene rings is 2. The topological polar surface area (TPSA) is 182 Å². The van der Waals surface area contributed by atoms with Crippen molar-refractivity contribution in [1.29, 1.82) is 0 Å². The largest absolute Gasteiger partial charge is 0.493 e. The van der Waals surface area contributed by atoms with E-state index in [0.717, 1.165) is 5.56 Å². The number of hydrogen-bond acceptors (Lipinski definition) is 9. The zero-order valence-electron chi connectivity index (χ0n) is 26.9. The lowest BCUT2D eigenvalue weighted by Gasteiger charge is -2.27. The summed E-state index contributed by atoms with van der Waals surface area (Å²) in [5.41, 5.74) is 8.15. The number of halogens is 2. The number of H-pyrrole nitrogens is 1. The van der Waals surface area contributed by atoms with E-state index in [4.69, 9.17) is 25.3 Å². The number of aromatic amines is 1. The van der Waals surface area contributed by atoms with Gasteiger partial charge >= 0.3 is 0 Å². The first-order chi connectivity index (χ1) is 22.2. The van der Waals surface area contributed by atoms with Gasteiger partial charge in [-0.25, -0.2) is 14.6 Å². The van der Waals surface area contributed by atoms with Gasteiger partial charge in [-0.15, -0.1) is 24.8 Å². The van der Waals surface area contributed by atoms with Gasteiger partial charge in [-0.05, 0) is 24.1 Å². The van der Waals surface area contributed by atoms with Crippen LogP contribution in [-0.4, -0.2) is 86.7 Å². The van der Waals surface area contributed by atoms with E-state index in [-0.39, 0.29) is 69.3 Å². The Morgan fingerprint density at radius 1 is 1.10 bits per heavy atom. The average molecular weight is 703 g/mol. The van der Waals surface area contributed by atoms with Crippen molar-refractivity contribution in [3.05, 3.63) is 78.1 Å². The maximum atomic E-state index is 13.6. The average Bonchev–Trinajstić information content (AvgIpc) is 3.73. The molecular formula is C32H41Cl2N9O5. The van der Waals surface area contributed by atoms with E-state index >= 15 is 0 Å². The molecule has 0 unspecified atom stereocenters. The van der Waals surface area contributed by atoms with Gasteiger partial charge < -0.3 is 35.7 Å². The second-order valence-corrected chi connectivity index (χ2v) is 11.3. The number of aromatic nitrogens is 5. The lowest BCUT2D eigenvalue weighted by atomic mass is 10.0. The minimum Gasteiger partial charge on any atom is -0.493 e. The van der Waals surface area contributed by atoms with Crippen molar-refractivity contribution >= 4 is 42.5 Å². The molecule has 2 bridgehead atoms. The van der Waals surface area contributed by atoms with Crippen molar-refractivity contribution < 1.29 is 23.9 Å². The van der Waals surface area contributed by atoms with Gasteiger partial charge in [0.25, 0.3) is 5.91 Å². The number of amides is 3. The summed E-state index contributed by atoms with van der Waals surface area (Å²) in [4.78, 5) is 53.4. The molecule has 2 aromatic carbocycles. The fourth-order valence-electron chi connectivity index (χ4n) is 5.18. The Morgan fingerprint density at radius 3 is 2.56 bits per heavy atom. The number of nitrogens with one attached hydrogen (secondary N) is 3. The minimum absolute atomic E-state index is 0. The number of methoxy groups -OCH3 is 1. The molecule has 2 aromatic heterocycles. The third-order valence-electron chi connectivity index (χ3n) is 7.61. The Morgan fingerprint density at radius 2 is 1.88 bits per heavy atom. The zero-order chi connectivity index (χ0) is 32.6. The third kappa shape index (κ3) is 9.24. The molecule has 2 atom stereocenters. The number of ether oxygens (including phenoxy) is 2. The molecule has 5 rings (SSSR count). The molecule has 0 spiro atoms. The fraction of sp³-hybridized carbons (Fsp3) is 0.375. The number of hydrogen-bond donors (Lipinski definition) is 4. The molecule has 16 heteroatoms. The van der Waals surface area contributed by atoms with Crippen LogP contribution in [0.2, 0.25) is 0 Å². The Bertz CT molecular complexity index is 1650. The molecule has 5 N–H and O–H groups in total. The van der Waals surface area contributed by atoms with Crippen LogP contribution in [0.3, 0.4) is 0 Å². The van der Waals surface area contributed by atoms with Gasteiger partial charge in [0, 0.05) is 42.5 Å². The lowest BCUT2D eigenvalue weighted by molar-refractivity contribution is -0.137. The standard InChI is InChI=1S/C32H39N9O5.2ClH/c1-20(2)28-30-38-29(21-7-5-4-6-8-21)39-41(30)13-14-46-26-15-22(9-10-25(26)45-3)31(43)35-11-12-40(18-27(42)37-28)32(44)24(33)16-23-17-34-19-36-23;;/h4-10,15,17,19-20,24,28H,11-14,16,18,33H2,1-3H3,(H,34,36)(H,35,43)(H,37,42);2*1H/t24-,28+;;/m0../s1. The molecule has 3 heterocycles. The maximum Gasteiger partial charge on any atom is 0.251 e. The number of rotatable bonds is 6. The van der Waals surface area contributed by atoms with Crippen molar-refractivity contribution in [3.8, 4) is 22.9 Å². The summed E-state index contributed by atoms with van der Waals surface area (Å²) in [6.07, 6.45) is 3.31. The van der Waals surface area contributed by atoms with Crippen molar-refractivity contribution in [2.75, 3.05) is 33.4 Å². The Hall–Kier alpha value is -4.66. The fourth-order valence-corrected chi connectivity index (χ4v) is 5.18. The van der Waals surface area contributed by atoms with E-state index in [2.05, 4.69) is 20.6 Å². The first kappa shape index (κ1) is 37.8. The summed E-state index contributed by atoms with van der Waals surface area (Å²) in [5.74, 6) is 0.604. The highest BCUT2D eigenvalue weighted by molar-refractivity contribution is 5.95. The van der Waals surface area contributed by atoms with Crippen LogP contribution in [0.4, 0.5) is 0 Å². The molecule has 0 aliphatic carbocycles. The van der Waals surface area contributed by atoms with Crippen molar-refractivity contribution in [2.24, 2.45) is 11.7 Å². The monoisotopic (exact) mass is 701 g/mol. The molecule has 258 valence electrons. The van der Waals surface area contributed by atoms with Gasteiger partial charge in [-0.3, -0.25) is 14.4 Å². The summed E-state index contributed by atoms with van der Waals surface area (Å²) in [6.45, 7) is 4.28. The number of nitrogens with zero attached hydrogens (tertiary/aromatic N) is 5. The molecule has 48 heavy (non-hydrogen) atoms. The van der Waals surface area contributed by atoms with Crippen LogP contribution in [0.1, 0.15) is 41.8 Å². The van der Waals surface area contributed by atoms with Gasteiger partial charge in [0.15, 0.2) is 23.1 Å². The van der Waals surface area contributed by atoms with Crippen LogP contribution in [-0.2, 0) is 22.6 Å². The maximum absolute atomic E-state index is 13.6. The Balaban J connectivity index is 0.00000312. The first-order valence-electron chi connectivity index (χ1n) is 15.1. The van der Waals surface area contributed by atoms with E-state index < -0.39 is 23.9 Å². The van der Waals surface area contributed by atoms with Crippen LogP contribution >= 0.6 is 24.8 Å². The van der Waals surface area contributed by atoms with Crippen LogP contribution in [0.15, 0.2) is 61.1 Å². The molecular weight excluding hydrogens is 661 g/mol. The SMILES string of the molecule is COc1ccc2cc1OCCn1nc(-c3ccccc3)nc1[C@@H](C(C)C)NC(=O)CN(C(=O)[C@@H](N)Cc1cnc[nH]1)CCNC2=O.Cl.Cl. The van der Waals surface area contributed by atoms with Gasteiger partial charge in [0.1, 0.15) is 6.61 Å². The highest BCUT2D eigenvalue weighted by Gasteiger charge is 2.29. The molecule has 3 amide bonds. The first-order valence-corrected chi connectivity index (χ1v) is 15.1.